The van der Waals surface area contributed by atoms with E-state index in [-0.39, 0.29) is 16.5 Å². The van der Waals surface area contributed by atoms with E-state index in [2.05, 4.69) is 15.9 Å². The smallest absolute Gasteiger partial charge is 0.410 e. The summed E-state index contributed by atoms with van der Waals surface area (Å²) in [6.07, 6.45) is -0.353. The molecule has 2 aromatic rings. The number of fused-ring (bicyclic) bond motifs is 1. The first-order chi connectivity index (χ1) is 13.8. The fourth-order valence-corrected chi connectivity index (χ4v) is 4.23. The molecular weight excluding hydrogens is 472 g/mol. The second-order valence-corrected chi connectivity index (χ2v) is 11.0. The quantitative estimate of drug-likeness (QED) is 0.570. The minimum atomic E-state index is -0.571. The van der Waals surface area contributed by atoms with Crippen molar-refractivity contribution in [1.29, 1.82) is 0 Å². The number of alkyl halides is 1. The molecule has 0 saturated carbocycles. The average molecular weight is 500 g/mol. The maximum absolute atomic E-state index is 13.5. The average Bonchev–Trinajstić information content (AvgIpc) is 2.58. The Morgan fingerprint density at radius 2 is 1.97 bits per heavy atom. The molecule has 1 aliphatic heterocycles. The number of aromatic nitrogens is 2. The number of rotatable bonds is 2. The molecule has 0 N–H and O–H groups in total. The van der Waals surface area contributed by atoms with Gasteiger partial charge in [-0.3, -0.25) is 9.69 Å². The van der Waals surface area contributed by atoms with Gasteiger partial charge in [0.25, 0.3) is 5.56 Å². The van der Waals surface area contributed by atoms with E-state index >= 15 is 0 Å². The van der Waals surface area contributed by atoms with Crippen molar-refractivity contribution in [2.45, 2.75) is 57.5 Å². The number of ether oxygens (including phenoxy) is 1. The molecule has 0 aliphatic carbocycles. The highest BCUT2D eigenvalue weighted by Gasteiger charge is 2.40. The summed E-state index contributed by atoms with van der Waals surface area (Å²) in [5, 5.41) is 2.70. The fraction of sp³-hybridized carbons (Fsp3) is 0.571. The van der Waals surface area contributed by atoms with Gasteiger partial charge in [-0.2, -0.15) is 0 Å². The number of amides is 1. The van der Waals surface area contributed by atoms with Crippen molar-refractivity contribution in [3.63, 3.8) is 0 Å². The molecule has 164 valence electrons. The topological polar surface area (TPSA) is 67.7 Å². The molecule has 1 saturated heterocycles. The monoisotopic (exact) mass is 498 g/mol. The molecule has 0 spiro atoms. The summed E-state index contributed by atoms with van der Waals surface area (Å²) in [6, 6.07) is 5.27. The summed E-state index contributed by atoms with van der Waals surface area (Å²) in [5.41, 5.74) is -0.772. The third-order valence-electron chi connectivity index (χ3n) is 4.98. The van der Waals surface area contributed by atoms with E-state index in [1.165, 1.54) is 0 Å². The maximum Gasteiger partial charge on any atom is 0.410 e. The summed E-state index contributed by atoms with van der Waals surface area (Å²) in [7, 11) is 0. The van der Waals surface area contributed by atoms with Gasteiger partial charge in [-0.1, -0.05) is 33.6 Å². The first kappa shape index (κ1) is 22.9. The zero-order valence-corrected chi connectivity index (χ0v) is 20.5. The van der Waals surface area contributed by atoms with Crippen LogP contribution in [0.5, 0.6) is 0 Å². The lowest BCUT2D eigenvalue weighted by Gasteiger charge is -2.48. The zero-order valence-electron chi connectivity index (χ0n) is 18.2. The summed E-state index contributed by atoms with van der Waals surface area (Å²) in [5.74, 6) is 0.594. The first-order valence-corrected chi connectivity index (χ1v) is 11.2. The van der Waals surface area contributed by atoms with Gasteiger partial charge in [-0.05, 0) is 53.7 Å². The van der Waals surface area contributed by atoms with Gasteiger partial charge < -0.3 is 9.75 Å². The third kappa shape index (κ3) is 4.44. The fourth-order valence-electron chi connectivity index (χ4n) is 3.68. The largest absolute Gasteiger partial charge is 0.444 e. The van der Waals surface area contributed by atoms with Gasteiger partial charge in [0.1, 0.15) is 11.4 Å². The van der Waals surface area contributed by atoms with Gasteiger partial charge in [0.2, 0.25) is 0 Å². The number of halogens is 2. The van der Waals surface area contributed by atoms with Crippen LogP contribution >= 0.6 is 27.5 Å². The van der Waals surface area contributed by atoms with Crippen molar-refractivity contribution in [3.8, 4) is 0 Å². The lowest BCUT2D eigenvalue weighted by Crippen LogP contribution is -2.65. The molecule has 1 unspecified atom stereocenters. The predicted molar refractivity (Wildman–Crippen MR) is 123 cm³/mol. The van der Waals surface area contributed by atoms with E-state index in [9.17, 15) is 9.59 Å². The molecule has 1 atom stereocenters. The zero-order chi connectivity index (χ0) is 22.4. The molecule has 2 heterocycles. The number of hydrogen-bond acceptors (Lipinski definition) is 5. The van der Waals surface area contributed by atoms with Crippen LogP contribution in [0.15, 0.2) is 23.0 Å². The second kappa shape index (κ2) is 8.04. The Labute approximate surface area is 190 Å². The van der Waals surface area contributed by atoms with Crippen LogP contribution < -0.4 is 10.6 Å². The predicted octanol–water partition coefficient (Wildman–Crippen LogP) is 4.47. The molecule has 1 fully saturated rings. The van der Waals surface area contributed by atoms with Crippen molar-refractivity contribution in [2.75, 3.05) is 24.6 Å². The van der Waals surface area contributed by atoms with Crippen LogP contribution in [-0.2, 0) is 4.74 Å². The van der Waals surface area contributed by atoms with Gasteiger partial charge in [-0.25, -0.2) is 14.5 Å². The van der Waals surface area contributed by atoms with Crippen LogP contribution in [-0.4, -0.2) is 51.4 Å². The molecular formula is C21H28BrClN4O3. The Morgan fingerprint density at radius 1 is 1.30 bits per heavy atom. The van der Waals surface area contributed by atoms with Crippen LogP contribution in [0.4, 0.5) is 4.79 Å². The van der Waals surface area contributed by atoms with Gasteiger partial charge >= 0.3 is 6.09 Å². The normalized spacial score (nSPS) is 17.9. The molecule has 3 rings (SSSR count). The molecule has 0 radical (unpaired) electrons. The first-order valence-electron chi connectivity index (χ1n) is 9.93. The molecule has 9 heteroatoms. The van der Waals surface area contributed by atoms with Crippen LogP contribution in [0.25, 0.3) is 10.9 Å². The molecule has 7 nitrogen and oxygen atoms in total. The van der Waals surface area contributed by atoms with Crippen molar-refractivity contribution in [3.05, 3.63) is 39.4 Å². The van der Waals surface area contributed by atoms with Gasteiger partial charge in [0.15, 0.2) is 0 Å². The summed E-state index contributed by atoms with van der Waals surface area (Å²) in [4.78, 5) is 32.4. The lowest BCUT2D eigenvalue weighted by atomic mass is 10.0. The van der Waals surface area contributed by atoms with Crippen molar-refractivity contribution in [1.82, 2.24) is 14.6 Å². The van der Waals surface area contributed by atoms with Crippen LogP contribution in [0.2, 0.25) is 5.02 Å². The summed E-state index contributed by atoms with van der Waals surface area (Å²) >= 11 is 9.90. The SMILES string of the molecule is CC(Br)c1nc2cccc(Cl)c2c(=O)n1N1CCN(C(=O)OC(C)(C)C)C(C)(C)C1. The third-order valence-corrected chi connectivity index (χ3v) is 5.71. The molecule has 1 aromatic carbocycles. The maximum atomic E-state index is 13.5. The highest BCUT2D eigenvalue weighted by Crippen LogP contribution is 2.27. The molecule has 1 aromatic heterocycles. The number of piperazine rings is 1. The van der Waals surface area contributed by atoms with E-state index in [1.54, 1.807) is 27.8 Å². The van der Waals surface area contributed by atoms with E-state index in [1.807, 2.05) is 46.6 Å². The number of nitrogens with zero attached hydrogens (tertiary/aromatic N) is 4. The Kier molecular flexibility index (Phi) is 6.13. The molecule has 1 amide bonds. The molecule has 1 aliphatic rings. The Morgan fingerprint density at radius 3 is 2.53 bits per heavy atom. The van der Waals surface area contributed by atoms with E-state index < -0.39 is 11.1 Å². The van der Waals surface area contributed by atoms with E-state index in [0.29, 0.717) is 41.4 Å². The van der Waals surface area contributed by atoms with E-state index in [4.69, 9.17) is 21.3 Å². The number of carbonyl (C=O) groups is 1. The highest BCUT2D eigenvalue weighted by molar-refractivity contribution is 9.09. The van der Waals surface area contributed by atoms with E-state index in [0.717, 1.165) is 0 Å². The van der Waals surface area contributed by atoms with Crippen molar-refractivity contribution in [2.24, 2.45) is 0 Å². The molecule has 30 heavy (non-hydrogen) atoms. The Balaban J connectivity index is 2.02. The van der Waals surface area contributed by atoms with Crippen LogP contribution in [0.3, 0.4) is 0 Å². The number of carbonyl (C=O) groups excluding carboxylic acids is 1. The van der Waals surface area contributed by atoms with Gasteiger partial charge in [-0.15, -0.1) is 0 Å². The highest BCUT2D eigenvalue weighted by atomic mass is 79.9. The van der Waals surface area contributed by atoms with Crippen molar-refractivity contribution >= 4 is 44.5 Å². The van der Waals surface area contributed by atoms with Crippen LogP contribution in [0, 0.1) is 0 Å². The summed E-state index contributed by atoms with van der Waals surface area (Å²) in [6.45, 7) is 12.7. The Bertz CT molecular complexity index is 1030. The van der Waals surface area contributed by atoms with Gasteiger partial charge in [0, 0.05) is 6.54 Å². The minimum absolute atomic E-state index is 0.152. The number of benzene rings is 1. The Hall–Kier alpha value is -1.80. The lowest BCUT2D eigenvalue weighted by molar-refractivity contribution is -0.00194. The minimum Gasteiger partial charge on any atom is -0.444 e. The summed E-state index contributed by atoms with van der Waals surface area (Å²) < 4.78 is 7.17. The standard InChI is InChI=1S/C21H28BrClN4O3/c1-13(22)17-24-15-9-7-8-14(23)16(15)18(28)27(17)25-10-11-26(21(5,6)12-25)19(29)30-20(2,3)4/h7-9,13H,10-12H2,1-6H3. The number of hydrogen-bond donors (Lipinski definition) is 0. The second-order valence-electron chi connectivity index (χ2n) is 9.17. The molecule has 0 bridgehead atoms. The van der Waals surface area contributed by atoms with Crippen LogP contribution in [0.1, 0.15) is 52.2 Å². The van der Waals surface area contributed by atoms with Gasteiger partial charge in [0.05, 0.1) is 39.4 Å². The van der Waals surface area contributed by atoms with Crippen molar-refractivity contribution < 1.29 is 9.53 Å².